The zero-order valence-corrected chi connectivity index (χ0v) is 16.7. The number of amides is 2. The Bertz CT molecular complexity index is 961. The predicted octanol–water partition coefficient (Wildman–Crippen LogP) is 6.49. The summed E-state index contributed by atoms with van der Waals surface area (Å²) in [6.07, 6.45) is 1.85. The molecular weight excluding hydrogens is 401 g/mol. The van der Waals surface area contributed by atoms with Crippen molar-refractivity contribution in [2.45, 2.75) is 18.9 Å². The number of carbonyl (C=O) groups excluding carboxylic acids is 1. The fraction of sp³-hybridized carbons (Fsp3) is 0.200. The highest BCUT2D eigenvalue weighted by Crippen LogP contribution is 2.36. The van der Waals surface area contributed by atoms with Crippen molar-refractivity contribution in [1.29, 1.82) is 0 Å². The minimum atomic E-state index is -0.182. The second kappa shape index (κ2) is 7.89. The Morgan fingerprint density at radius 2 is 2.00 bits per heavy atom. The molecule has 4 nitrogen and oxygen atoms in total. The molecule has 1 unspecified atom stereocenters. The van der Waals surface area contributed by atoms with Gasteiger partial charge in [0.15, 0.2) is 0 Å². The second-order valence-electron chi connectivity index (χ2n) is 6.34. The molecule has 0 bridgehead atoms. The maximum Gasteiger partial charge on any atom is 0.322 e. The number of halogens is 2. The summed E-state index contributed by atoms with van der Waals surface area (Å²) in [5.41, 5.74) is 2.55. The summed E-state index contributed by atoms with van der Waals surface area (Å²) in [7, 11) is 0. The third kappa shape index (κ3) is 3.95. The van der Waals surface area contributed by atoms with Crippen LogP contribution in [0.5, 0.6) is 0 Å². The average molecular weight is 418 g/mol. The number of carbonyl (C=O) groups is 1. The first-order chi connectivity index (χ1) is 13.1. The molecule has 27 heavy (non-hydrogen) atoms. The number of rotatable bonds is 3. The third-order valence-corrected chi connectivity index (χ3v) is 6.07. The summed E-state index contributed by atoms with van der Waals surface area (Å²) in [6, 6.07) is 14.9. The van der Waals surface area contributed by atoms with Crippen LogP contribution in [0.2, 0.25) is 10.0 Å². The van der Waals surface area contributed by atoms with Crippen molar-refractivity contribution in [3.63, 3.8) is 0 Å². The van der Waals surface area contributed by atoms with E-state index in [1.54, 1.807) is 29.5 Å². The largest absolute Gasteiger partial charge is 0.322 e. The first kappa shape index (κ1) is 18.3. The van der Waals surface area contributed by atoms with Crippen molar-refractivity contribution in [1.82, 2.24) is 9.88 Å². The summed E-state index contributed by atoms with van der Waals surface area (Å²) in [4.78, 5) is 19.4. The number of anilines is 1. The molecule has 0 radical (unpaired) electrons. The number of thiazole rings is 1. The number of hydrogen-bond donors (Lipinski definition) is 1. The van der Waals surface area contributed by atoms with Gasteiger partial charge in [0.1, 0.15) is 5.01 Å². The molecule has 2 aromatic carbocycles. The van der Waals surface area contributed by atoms with Crippen LogP contribution in [0, 0.1) is 0 Å². The molecule has 1 aliphatic rings. The molecule has 2 heterocycles. The summed E-state index contributed by atoms with van der Waals surface area (Å²) in [5.74, 6) is 0. The van der Waals surface area contributed by atoms with E-state index in [-0.39, 0.29) is 12.1 Å². The number of nitrogens with zero attached hydrogens (tertiary/aromatic N) is 2. The van der Waals surface area contributed by atoms with Gasteiger partial charge in [-0.25, -0.2) is 9.78 Å². The molecule has 1 fully saturated rings. The van der Waals surface area contributed by atoms with E-state index in [0.717, 1.165) is 29.1 Å². The van der Waals surface area contributed by atoms with E-state index in [0.29, 0.717) is 22.3 Å². The van der Waals surface area contributed by atoms with E-state index >= 15 is 0 Å². The Kier molecular flexibility index (Phi) is 5.34. The van der Waals surface area contributed by atoms with Gasteiger partial charge in [-0.1, -0.05) is 53.5 Å². The van der Waals surface area contributed by atoms with Gasteiger partial charge in [0.25, 0.3) is 0 Å². The zero-order chi connectivity index (χ0) is 18.8. The van der Waals surface area contributed by atoms with Gasteiger partial charge in [-0.3, -0.25) is 0 Å². The minimum Gasteiger partial charge on any atom is -0.315 e. The standard InChI is InChI=1S/C20H17Cl2N3OS/c21-14-8-9-15(22)16(11-14)24-20(26)25-10-4-7-18(25)19-23-17(12-27-19)13-5-2-1-3-6-13/h1-3,5-6,8-9,11-12,18H,4,7,10H2,(H,24,26). The van der Waals surface area contributed by atoms with Crippen LogP contribution in [0.15, 0.2) is 53.9 Å². The molecule has 138 valence electrons. The summed E-state index contributed by atoms with van der Waals surface area (Å²) < 4.78 is 0. The van der Waals surface area contributed by atoms with E-state index in [9.17, 15) is 4.79 Å². The first-order valence-corrected chi connectivity index (χ1v) is 10.3. The molecule has 0 aliphatic carbocycles. The molecular formula is C20H17Cl2N3OS. The highest BCUT2D eigenvalue weighted by Gasteiger charge is 2.32. The van der Waals surface area contributed by atoms with Crippen molar-refractivity contribution in [3.8, 4) is 11.3 Å². The van der Waals surface area contributed by atoms with Gasteiger partial charge in [0, 0.05) is 22.5 Å². The zero-order valence-electron chi connectivity index (χ0n) is 14.4. The molecule has 0 spiro atoms. The SMILES string of the molecule is O=C(Nc1cc(Cl)ccc1Cl)N1CCCC1c1nc(-c2ccccc2)cs1. The lowest BCUT2D eigenvalue weighted by molar-refractivity contribution is 0.207. The fourth-order valence-corrected chi connectivity index (χ4v) is 4.54. The quantitative estimate of drug-likeness (QED) is 0.529. The van der Waals surface area contributed by atoms with Crippen LogP contribution in [0.1, 0.15) is 23.9 Å². The fourth-order valence-electron chi connectivity index (χ4n) is 3.23. The monoisotopic (exact) mass is 417 g/mol. The highest BCUT2D eigenvalue weighted by molar-refractivity contribution is 7.10. The molecule has 7 heteroatoms. The van der Waals surface area contributed by atoms with E-state index in [4.69, 9.17) is 28.2 Å². The molecule has 2 amide bonds. The van der Waals surface area contributed by atoms with Crippen LogP contribution in [0.3, 0.4) is 0 Å². The lowest BCUT2D eigenvalue weighted by atomic mass is 10.2. The van der Waals surface area contributed by atoms with Crippen LogP contribution in [-0.2, 0) is 0 Å². The van der Waals surface area contributed by atoms with Crippen LogP contribution >= 0.6 is 34.5 Å². The van der Waals surface area contributed by atoms with Crippen LogP contribution < -0.4 is 5.32 Å². The maximum atomic E-state index is 12.8. The minimum absolute atomic E-state index is 0.0228. The third-order valence-electron chi connectivity index (χ3n) is 4.56. The number of nitrogens with one attached hydrogen (secondary N) is 1. The predicted molar refractivity (Wildman–Crippen MR) is 112 cm³/mol. The van der Waals surface area contributed by atoms with Crippen molar-refractivity contribution in [3.05, 3.63) is 69.0 Å². The summed E-state index contributed by atoms with van der Waals surface area (Å²) in [5, 5.41) is 6.87. The molecule has 1 aliphatic heterocycles. The van der Waals surface area contributed by atoms with Gasteiger partial charge in [-0.05, 0) is 31.0 Å². The number of hydrogen-bond acceptors (Lipinski definition) is 3. The van der Waals surface area contributed by atoms with Gasteiger partial charge in [0.05, 0.1) is 22.4 Å². The second-order valence-corrected chi connectivity index (χ2v) is 8.08. The van der Waals surface area contributed by atoms with Crippen LogP contribution in [-0.4, -0.2) is 22.5 Å². The smallest absolute Gasteiger partial charge is 0.315 e. The van der Waals surface area contributed by atoms with Crippen molar-refractivity contribution < 1.29 is 4.79 Å². The molecule has 1 saturated heterocycles. The van der Waals surface area contributed by atoms with Gasteiger partial charge >= 0.3 is 6.03 Å². The maximum absolute atomic E-state index is 12.8. The summed E-state index contributed by atoms with van der Waals surface area (Å²) >= 11 is 13.8. The first-order valence-electron chi connectivity index (χ1n) is 8.65. The van der Waals surface area contributed by atoms with E-state index in [1.165, 1.54) is 0 Å². The molecule has 1 aromatic heterocycles. The van der Waals surface area contributed by atoms with Crippen molar-refractivity contribution in [2.24, 2.45) is 0 Å². The molecule has 4 rings (SSSR count). The normalized spacial score (nSPS) is 16.5. The van der Waals surface area contributed by atoms with Crippen molar-refractivity contribution >= 4 is 46.3 Å². The Balaban J connectivity index is 1.53. The Labute approximate surface area is 171 Å². The van der Waals surface area contributed by atoms with Gasteiger partial charge in [-0.15, -0.1) is 11.3 Å². The van der Waals surface area contributed by atoms with Gasteiger partial charge in [-0.2, -0.15) is 0 Å². The van der Waals surface area contributed by atoms with E-state index in [1.807, 2.05) is 40.6 Å². The van der Waals surface area contributed by atoms with Crippen LogP contribution in [0.4, 0.5) is 10.5 Å². The Morgan fingerprint density at radius 3 is 2.81 bits per heavy atom. The van der Waals surface area contributed by atoms with Gasteiger partial charge < -0.3 is 10.2 Å². The molecule has 0 saturated carbocycles. The van der Waals surface area contributed by atoms with Crippen molar-refractivity contribution in [2.75, 3.05) is 11.9 Å². The number of benzene rings is 2. The van der Waals surface area contributed by atoms with E-state index in [2.05, 4.69) is 5.32 Å². The molecule has 3 aromatic rings. The molecule has 1 N–H and O–H groups in total. The number of likely N-dealkylation sites (tertiary alicyclic amines) is 1. The topological polar surface area (TPSA) is 45.2 Å². The summed E-state index contributed by atoms with van der Waals surface area (Å²) in [6.45, 7) is 0.689. The Hall–Kier alpha value is -2.08. The molecule has 1 atom stereocenters. The lowest BCUT2D eigenvalue weighted by Crippen LogP contribution is -2.34. The Morgan fingerprint density at radius 1 is 1.19 bits per heavy atom. The van der Waals surface area contributed by atoms with E-state index < -0.39 is 0 Å². The van der Waals surface area contributed by atoms with Crippen LogP contribution in [0.25, 0.3) is 11.3 Å². The number of urea groups is 1. The highest BCUT2D eigenvalue weighted by atomic mass is 35.5. The lowest BCUT2D eigenvalue weighted by Gasteiger charge is -2.23. The van der Waals surface area contributed by atoms with Gasteiger partial charge in [0.2, 0.25) is 0 Å². The number of aromatic nitrogens is 1. The average Bonchev–Trinajstić information content (AvgIpc) is 3.34.